The van der Waals surface area contributed by atoms with Crippen molar-refractivity contribution in [1.82, 2.24) is 24.8 Å². The molecule has 4 rings (SSSR count). The number of nitrogens with zero attached hydrogens (tertiary/aromatic N) is 5. The zero-order valence-corrected chi connectivity index (χ0v) is 11.0. The minimum atomic E-state index is 0.474. The van der Waals surface area contributed by atoms with Gasteiger partial charge in [0.15, 0.2) is 10.8 Å². The van der Waals surface area contributed by atoms with Crippen LogP contribution in [-0.4, -0.2) is 24.8 Å². The molecule has 0 aliphatic heterocycles. The Morgan fingerprint density at radius 1 is 1.39 bits per heavy atom. The monoisotopic (exact) mass is 278 g/mol. The number of fused-ring (bicyclic) bond motifs is 1. The molecule has 8 heteroatoms. The molecule has 0 radical (unpaired) electrons. The average Bonchev–Trinajstić information content (AvgIpc) is 2.84. The van der Waals surface area contributed by atoms with Gasteiger partial charge < -0.3 is 5.73 Å². The number of rotatable bonds is 3. The van der Waals surface area contributed by atoms with E-state index < -0.39 is 0 Å². The molecular weight excluding hydrogens is 268 g/mol. The molecule has 0 bridgehead atoms. The lowest BCUT2D eigenvalue weighted by Gasteiger charge is -1.89. The smallest absolute Gasteiger partial charge is 0.235 e. The van der Waals surface area contributed by atoms with Crippen LogP contribution in [0.4, 0.5) is 0 Å². The van der Waals surface area contributed by atoms with Crippen LogP contribution in [0, 0.1) is 0 Å². The standard InChI is InChI=1S/C10H10N6S2/c11-3-7-12-6(4-17-7)9-15-16-8(5-1-2-5)13-14-10(16)18-9/h4-5H,1-3,11H2. The first-order valence-corrected chi connectivity index (χ1v) is 7.42. The Balaban J connectivity index is 1.80. The lowest BCUT2D eigenvalue weighted by atomic mass is 10.4. The van der Waals surface area contributed by atoms with Crippen LogP contribution in [-0.2, 0) is 6.54 Å². The van der Waals surface area contributed by atoms with Gasteiger partial charge in [0.25, 0.3) is 0 Å². The average molecular weight is 278 g/mol. The fourth-order valence-corrected chi connectivity index (χ4v) is 3.38. The summed E-state index contributed by atoms with van der Waals surface area (Å²) in [6, 6.07) is 0. The number of thiazole rings is 1. The predicted molar refractivity (Wildman–Crippen MR) is 69.6 cm³/mol. The lowest BCUT2D eigenvalue weighted by molar-refractivity contribution is 0.827. The second kappa shape index (κ2) is 3.81. The summed E-state index contributed by atoms with van der Waals surface area (Å²) in [5.74, 6) is 1.53. The summed E-state index contributed by atoms with van der Waals surface area (Å²) >= 11 is 3.09. The molecule has 1 aliphatic carbocycles. The third-order valence-electron chi connectivity index (χ3n) is 2.90. The van der Waals surface area contributed by atoms with Gasteiger partial charge in [-0.25, -0.2) is 4.98 Å². The summed E-state index contributed by atoms with van der Waals surface area (Å²) in [7, 11) is 0. The Morgan fingerprint density at radius 2 is 2.28 bits per heavy atom. The van der Waals surface area contributed by atoms with E-state index in [-0.39, 0.29) is 0 Å². The lowest BCUT2D eigenvalue weighted by Crippen LogP contribution is -1.95. The largest absolute Gasteiger partial charge is 0.325 e. The van der Waals surface area contributed by atoms with E-state index in [1.807, 2.05) is 9.90 Å². The van der Waals surface area contributed by atoms with Crippen LogP contribution >= 0.6 is 22.7 Å². The predicted octanol–water partition coefficient (Wildman–Crippen LogP) is 1.65. The topological polar surface area (TPSA) is 82.0 Å². The normalized spacial score (nSPS) is 15.6. The van der Waals surface area contributed by atoms with Crippen molar-refractivity contribution < 1.29 is 0 Å². The maximum Gasteiger partial charge on any atom is 0.235 e. The van der Waals surface area contributed by atoms with E-state index in [1.54, 1.807) is 11.3 Å². The summed E-state index contributed by atoms with van der Waals surface area (Å²) < 4.78 is 1.86. The molecule has 0 saturated heterocycles. The molecule has 92 valence electrons. The van der Waals surface area contributed by atoms with Crippen molar-refractivity contribution in [2.24, 2.45) is 5.73 Å². The van der Waals surface area contributed by atoms with Crippen LogP contribution < -0.4 is 5.73 Å². The Hall–Kier alpha value is -1.38. The quantitative estimate of drug-likeness (QED) is 0.787. The molecule has 3 aromatic heterocycles. The SMILES string of the molecule is NCc1nc(-c2nn3c(C4CC4)nnc3s2)cs1. The minimum Gasteiger partial charge on any atom is -0.325 e. The van der Waals surface area contributed by atoms with E-state index in [0.717, 1.165) is 26.5 Å². The summed E-state index contributed by atoms with van der Waals surface area (Å²) in [6.45, 7) is 0.474. The van der Waals surface area contributed by atoms with Crippen LogP contribution in [0.2, 0.25) is 0 Å². The highest BCUT2D eigenvalue weighted by molar-refractivity contribution is 7.20. The first-order chi connectivity index (χ1) is 8.85. The van der Waals surface area contributed by atoms with E-state index in [2.05, 4.69) is 20.3 Å². The van der Waals surface area contributed by atoms with Crippen molar-refractivity contribution in [3.8, 4) is 10.7 Å². The first-order valence-electron chi connectivity index (χ1n) is 5.72. The van der Waals surface area contributed by atoms with Crippen LogP contribution in [0.3, 0.4) is 0 Å². The van der Waals surface area contributed by atoms with Gasteiger partial charge in [-0.3, -0.25) is 0 Å². The number of hydrogen-bond donors (Lipinski definition) is 1. The third-order valence-corrected chi connectivity index (χ3v) is 4.70. The van der Waals surface area contributed by atoms with Gasteiger partial charge in [0, 0.05) is 17.8 Å². The van der Waals surface area contributed by atoms with Crippen LogP contribution in [0.1, 0.15) is 29.6 Å². The highest BCUT2D eigenvalue weighted by atomic mass is 32.1. The molecule has 0 spiro atoms. The summed E-state index contributed by atoms with van der Waals surface area (Å²) in [4.78, 5) is 5.29. The number of hydrogen-bond acceptors (Lipinski definition) is 7. The van der Waals surface area contributed by atoms with Gasteiger partial charge in [-0.1, -0.05) is 11.3 Å². The fraction of sp³-hybridized carbons (Fsp3) is 0.400. The van der Waals surface area contributed by atoms with E-state index >= 15 is 0 Å². The van der Waals surface area contributed by atoms with Crippen molar-refractivity contribution in [3.63, 3.8) is 0 Å². The van der Waals surface area contributed by atoms with Gasteiger partial charge in [0.2, 0.25) is 4.96 Å². The number of aromatic nitrogens is 5. The molecule has 3 aromatic rings. The molecule has 0 amide bonds. The molecule has 1 saturated carbocycles. The van der Waals surface area contributed by atoms with Gasteiger partial charge in [0.05, 0.1) is 0 Å². The summed E-state index contributed by atoms with van der Waals surface area (Å²) in [5, 5.41) is 16.7. The fourth-order valence-electron chi connectivity index (χ4n) is 1.83. The zero-order chi connectivity index (χ0) is 12.1. The molecule has 1 fully saturated rings. The van der Waals surface area contributed by atoms with Crippen molar-refractivity contribution in [3.05, 3.63) is 16.2 Å². The van der Waals surface area contributed by atoms with Crippen molar-refractivity contribution in [2.75, 3.05) is 0 Å². The molecule has 0 unspecified atom stereocenters. The minimum absolute atomic E-state index is 0.474. The Morgan fingerprint density at radius 3 is 3.00 bits per heavy atom. The van der Waals surface area contributed by atoms with Gasteiger partial charge in [-0.15, -0.1) is 21.5 Å². The molecule has 6 nitrogen and oxygen atoms in total. The molecule has 0 atom stereocenters. The number of nitrogens with two attached hydrogens (primary N) is 1. The second-order valence-electron chi connectivity index (χ2n) is 4.26. The van der Waals surface area contributed by atoms with Crippen LogP contribution in [0.25, 0.3) is 15.7 Å². The van der Waals surface area contributed by atoms with Crippen LogP contribution in [0.15, 0.2) is 5.38 Å². The first kappa shape index (κ1) is 10.5. The molecule has 2 N–H and O–H groups in total. The molecule has 3 heterocycles. The van der Waals surface area contributed by atoms with E-state index in [9.17, 15) is 0 Å². The molecular formula is C10H10N6S2. The maximum atomic E-state index is 5.57. The highest BCUT2D eigenvalue weighted by Gasteiger charge is 2.30. The van der Waals surface area contributed by atoms with Gasteiger partial charge in [0.1, 0.15) is 10.7 Å². The summed E-state index contributed by atoms with van der Waals surface area (Å²) in [6.07, 6.45) is 2.39. The molecule has 0 aromatic carbocycles. The van der Waals surface area contributed by atoms with Crippen LogP contribution in [0.5, 0.6) is 0 Å². The Kier molecular flexibility index (Phi) is 2.23. The van der Waals surface area contributed by atoms with Crippen molar-refractivity contribution in [1.29, 1.82) is 0 Å². The van der Waals surface area contributed by atoms with Gasteiger partial charge in [-0.2, -0.15) is 9.61 Å². The summed E-state index contributed by atoms with van der Waals surface area (Å²) in [5.41, 5.74) is 6.46. The Bertz CT molecular complexity index is 707. The highest BCUT2D eigenvalue weighted by Crippen LogP contribution is 2.39. The second-order valence-corrected chi connectivity index (χ2v) is 6.16. The van der Waals surface area contributed by atoms with Crippen molar-refractivity contribution in [2.45, 2.75) is 25.3 Å². The van der Waals surface area contributed by atoms with E-state index in [1.165, 1.54) is 24.2 Å². The molecule has 18 heavy (non-hydrogen) atoms. The third kappa shape index (κ3) is 1.57. The van der Waals surface area contributed by atoms with Crippen molar-refractivity contribution >= 4 is 27.6 Å². The molecule has 1 aliphatic rings. The maximum absolute atomic E-state index is 5.57. The zero-order valence-electron chi connectivity index (χ0n) is 9.41. The Labute approximate surface area is 110 Å². The van der Waals surface area contributed by atoms with Gasteiger partial charge in [-0.05, 0) is 12.8 Å². The van der Waals surface area contributed by atoms with Gasteiger partial charge >= 0.3 is 0 Å². The van der Waals surface area contributed by atoms with E-state index in [4.69, 9.17) is 5.73 Å². The van der Waals surface area contributed by atoms with E-state index in [0.29, 0.717) is 12.5 Å².